The number of carboxylic acids is 1. The van der Waals surface area contributed by atoms with Crippen LogP contribution >= 0.6 is 0 Å². The van der Waals surface area contributed by atoms with Gasteiger partial charge < -0.3 is 10.8 Å². The highest BCUT2D eigenvalue weighted by atomic mass is 16.4. The van der Waals surface area contributed by atoms with Gasteiger partial charge in [0.2, 0.25) is 5.91 Å². The van der Waals surface area contributed by atoms with E-state index in [1.165, 1.54) is 116 Å². The number of carbonyl (C=O) groups excluding carboxylic acids is 1. The molecule has 0 spiro atoms. The molecule has 0 saturated carbocycles. The summed E-state index contributed by atoms with van der Waals surface area (Å²) >= 11 is 0. The number of unbranched alkanes of at least 4 members (excludes halogenated alkanes) is 19. The van der Waals surface area contributed by atoms with Crippen LogP contribution in [-0.2, 0) is 9.59 Å². The highest BCUT2D eigenvalue weighted by molar-refractivity contribution is 5.73. The molecule has 4 nitrogen and oxygen atoms in total. The molecule has 0 aromatic heterocycles. The maximum atomic E-state index is 10.4. The second-order valence-electron chi connectivity index (χ2n) is 10.6. The Labute approximate surface area is 213 Å². The highest BCUT2D eigenvalue weighted by Gasteiger charge is 1.98. The van der Waals surface area contributed by atoms with Gasteiger partial charge in [0, 0.05) is 12.8 Å². The van der Waals surface area contributed by atoms with Gasteiger partial charge in [-0.2, -0.15) is 0 Å². The van der Waals surface area contributed by atoms with Gasteiger partial charge in [-0.05, 0) is 18.8 Å². The fraction of sp³-hybridized carbons (Fsp3) is 0.933. The van der Waals surface area contributed by atoms with Crippen LogP contribution < -0.4 is 5.73 Å². The third-order valence-electron chi connectivity index (χ3n) is 6.45. The Bertz CT molecular complexity index is 423. The molecule has 0 unspecified atom stereocenters. The maximum absolute atomic E-state index is 10.4. The van der Waals surface area contributed by atoms with Crippen molar-refractivity contribution in [3.05, 3.63) is 0 Å². The number of primary amides is 1. The first-order valence-corrected chi connectivity index (χ1v) is 14.9. The van der Waals surface area contributed by atoms with Crippen molar-refractivity contribution in [1.82, 2.24) is 0 Å². The number of carbonyl (C=O) groups is 2. The number of hydrogen-bond acceptors (Lipinski definition) is 2. The van der Waals surface area contributed by atoms with Gasteiger partial charge in [0.1, 0.15) is 0 Å². The number of nitrogens with two attached hydrogens (primary N) is 1. The quantitative estimate of drug-likeness (QED) is 0.127. The van der Waals surface area contributed by atoms with Gasteiger partial charge in [-0.15, -0.1) is 0 Å². The Morgan fingerprint density at radius 2 is 0.882 bits per heavy atom. The lowest BCUT2D eigenvalue weighted by Crippen LogP contribution is -2.09. The van der Waals surface area contributed by atoms with Crippen molar-refractivity contribution in [2.75, 3.05) is 0 Å². The van der Waals surface area contributed by atoms with E-state index < -0.39 is 5.97 Å². The first-order chi connectivity index (χ1) is 16.4. The van der Waals surface area contributed by atoms with E-state index >= 15 is 0 Å². The van der Waals surface area contributed by atoms with Gasteiger partial charge >= 0.3 is 5.97 Å². The van der Waals surface area contributed by atoms with Crippen LogP contribution in [0.4, 0.5) is 0 Å². The number of rotatable bonds is 25. The van der Waals surface area contributed by atoms with Gasteiger partial charge in [-0.1, -0.05) is 149 Å². The van der Waals surface area contributed by atoms with Crippen LogP contribution in [-0.4, -0.2) is 17.0 Å². The monoisotopic (exact) mass is 483 g/mol. The van der Waals surface area contributed by atoms with Crippen molar-refractivity contribution in [1.29, 1.82) is 0 Å². The molecule has 0 radical (unpaired) electrons. The lowest BCUT2D eigenvalue weighted by Gasteiger charge is -2.04. The summed E-state index contributed by atoms with van der Waals surface area (Å²) in [5.41, 5.74) is 5.05. The van der Waals surface area contributed by atoms with Gasteiger partial charge in [0.05, 0.1) is 0 Å². The lowest BCUT2D eigenvalue weighted by atomic mass is 10.0. The smallest absolute Gasteiger partial charge is 0.303 e. The predicted molar refractivity (Wildman–Crippen MR) is 148 cm³/mol. The summed E-state index contributed by atoms with van der Waals surface area (Å²) in [4.78, 5) is 20.8. The van der Waals surface area contributed by atoms with E-state index in [1.54, 1.807) is 0 Å². The van der Waals surface area contributed by atoms with Gasteiger partial charge in [-0.3, -0.25) is 9.59 Å². The van der Waals surface area contributed by atoms with E-state index in [2.05, 4.69) is 20.8 Å². The third-order valence-corrected chi connectivity index (χ3v) is 6.45. The lowest BCUT2D eigenvalue weighted by molar-refractivity contribution is -0.137. The Morgan fingerprint density at radius 3 is 1.21 bits per heavy atom. The fourth-order valence-electron chi connectivity index (χ4n) is 4.21. The average Bonchev–Trinajstić information content (AvgIpc) is 2.78. The normalized spacial score (nSPS) is 10.8. The van der Waals surface area contributed by atoms with Crippen molar-refractivity contribution in [2.45, 2.75) is 175 Å². The highest BCUT2D eigenvalue weighted by Crippen LogP contribution is 2.14. The van der Waals surface area contributed by atoms with Crippen LogP contribution in [0.2, 0.25) is 0 Å². The summed E-state index contributed by atoms with van der Waals surface area (Å²) in [5.74, 6) is 0.0526. The molecule has 204 valence electrons. The second-order valence-corrected chi connectivity index (χ2v) is 10.6. The largest absolute Gasteiger partial charge is 0.481 e. The Kier molecular flexibility index (Phi) is 30.9. The minimum absolute atomic E-state index is 0.159. The molecule has 3 N–H and O–H groups in total. The van der Waals surface area contributed by atoms with Gasteiger partial charge in [0.25, 0.3) is 0 Å². The maximum Gasteiger partial charge on any atom is 0.303 e. The third kappa shape index (κ3) is 38.2. The zero-order valence-corrected chi connectivity index (χ0v) is 23.4. The summed E-state index contributed by atoms with van der Waals surface area (Å²) in [6.45, 7) is 6.85. The van der Waals surface area contributed by atoms with Crippen LogP contribution in [0.15, 0.2) is 0 Å². The van der Waals surface area contributed by atoms with Crippen LogP contribution in [0.25, 0.3) is 0 Å². The molecular formula is C30H61NO3. The SMILES string of the molecule is CC(C)CCCCCCCCCCCCCCC(=O)O.CCCCCCCCCCCC(N)=O. The number of hydrogen-bond donors (Lipinski definition) is 2. The Hall–Kier alpha value is -1.06. The van der Waals surface area contributed by atoms with Crippen LogP contribution in [0.5, 0.6) is 0 Å². The number of carboxylic acid groups (broad SMARTS) is 1. The summed E-state index contributed by atoms with van der Waals surface area (Å²) in [5, 5.41) is 8.52. The molecule has 0 saturated heterocycles. The summed E-state index contributed by atoms with van der Waals surface area (Å²) in [7, 11) is 0. The molecule has 4 heteroatoms. The molecule has 0 atom stereocenters. The second kappa shape index (κ2) is 30.0. The zero-order valence-electron chi connectivity index (χ0n) is 23.4. The van der Waals surface area contributed by atoms with Crippen molar-refractivity contribution in [3.8, 4) is 0 Å². The molecule has 0 rings (SSSR count). The predicted octanol–water partition coefficient (Wildman–Crippen LogP) is 9.58. The molecule has 0 aromatic carbocycles. The van der Waals surface area contributed by atoms with Crippen molar-refractivity contribution in [2.24, 2.45) is 11.7 Å². The van der Waals surface area contributed by atoms with E-state index in [9.17, 15) is 9.59 Å². The fourth-order valence-corrected chi connectivity index (χ4v) is 4.21. The van der Waals surface area contributed by atoms with Crippen molar-refractivity contribution < 1.29 is 14.7 Å². The molecule has 0 bridgehead atoms. The average molecular weight is 484 g/mol. The zero-order chi connectivity index (χ0) is 25.7. The van der Waals surface area contributed by atoms with Crippen molar-refractivity contribution >= 4 is 11.9 Å². The number of amides is 1. The molecule has 0 aliphatic heterocycles. The first-order valence-electron chi connectivity index (χ1n) is 14.9. The minimum atomic E-state index is -0.654. The molecule has 0 heterocycles. The standard InChI is InChI=1S/C18H36O2.C12H25NO/c1-17(2)15-13-11-9-7-5-3-4-6-8-10-12-14-16-18(19)20;1-2-3-4-5-6-7-8-9-10-11-12(13)14/h17H,3-16H2,1-2H3,(H,19,20);2-11H2,1H3,(H2,13,14). The van der Waals surface area contributed by atoms with Crippen LogP contribution in [0.1, 0.15) is 175 Å². The van der Waals surface area contributed by atoms with Crippen molar-refractivity contribution in [3.63, 3.8) is 0 Å². The molecule has 0 aliphatic carbocycles. The summed E-state index contributed by atoms with van der Waals surface area (Å²) < 4.78 is 0. The van der Waals surface area contributed by atoms with E-state index in [0.717, 1.165) is 31.6 Å². The van der Waals surface area contributed by atoms with Crippen LogP contribution in [0.3, 0.4) is 0 Å². The number of aliphatic carboxylic acids is 1. The van der Waals surface area contributed by atoms with E-state index in [0.29, 0.717) is 12.8 Å². The molecule has 0 aromatic rings. The Balaban J connectivity index is 0. The van der Waals surface area contributed by atoms with E-state index in [1.807, 2.05) is 0 Å². The molecule has 1 amide bonds. The topological polar surface area (TPSA) is 80.4 Å². The van der Waals surface area contributed by atoms with Crippen LogP contribution in [0, 0.1) is 5.92 Å². The van der Waals surface area contributed by atoms with Gasteiger partial charge in [0.15, 0.2) is 0 Å². The molecule has 34 heavy (non-hydrogen) atoms. The van der Waals surface area contributed by atoms with E-state index in [-0.39, 0.29) is 5.91 Å². The van der Waals surface area contributed by atoms with Gasteiger partial charge in [-0.25, -0.2) is 0 Å². The summed E-state index contributed by atoms with van der Waals surface area (Å²) in [6.07, 6.45) is 29.4. The molecule has 0 fully saturated rings. The Morgan fingerprint density at radius 1 is 0.559 bits per heavy atom. The summed E-state index contributed by atoms with van der Waals surface area (Å²) in [6, 6.07) is 0. The molecular weight excluding hydrogens is 422 g/mol. The minimum Gasteiger partial charge on any atom is -0.481 e. The van der Waals surface area contributed by atoms with E-state index in [4.69, 9.17) is 10.8 Å². The molecule has 0 aliphatic rings. The first kappa shape index (κ1) is 35.1.